The zero-order chi connectivity index (χ0) is 12.3. The van der Waals surface area contributed by atoms with Gasteiger partial charge in [-0.25, -0.2) is 4.98 Å². The van der Waals surface area contributed by atoms with Crippen LogP contribution in [0.4, 0.5) is 5.13 Å². The van der Waals surface area contributed by atoms with Gasteiger partial charge in [0.1, 0.15) is 0 Å². The predicted molar refractivity (Wildman–Crippen MR) is 71.1 cm³/mol. The summed E-state index contributed by atoms with van der Waals surface area (Å²) in [6.45, 7) is 2.72. The number of thiazole rings is 1. The Morgan fingerprint density at radius 1 is 1.41 bits per heavy atom. The maximum absolute atomic E-state index is 5.82. The highest BCUT2D eigenvalue weighted by Crippen LogP contribution is 2.25. The molecule has 4 nitrogen and oxygen atoms in total. The van der Waals surface area contributed by atoms with Crippen molar-refractivity contribution in [2.75, 3.05) is 11.9 Å². The monoisotopic (exact) mass is 248 g/mol. The van der Waals surface area contributed by atoms with Crippen molar-refractivity contribution in [2.45, 2.75) is 19.5 Å². The van der Waals surface area contributed by atoms with Gasteiger partial charge in [0.15, 0.2) is 5.13 Å². The summed E-state index contributed by atoms with van der Waals surface area (Å²) in [5, 5.41) is 0.975. The fourth-order valence-corrected chi connectivity index (χ4v) is 2.29. The average Bonchev–Trinajstić information content (AvgIpc) is 2.79. The van der Waals surface area contributed by atoms with Crippen molar-refractivity contribution in [3.8, 4) is 0 Å². The van der Waals surface area contributed by atoms with Crippen LogP contribution in [0.5, 0.6) is 0 Å². The van der Waals surface area contributed by atoms with E-state index in [0.717, 1.165) is 22.2 Å². The summed E-state index contributed by atoms with van der Waals surface area (Å²) in [5.74, 6) is 0. The Labute approximate surface area is 105 Å². The van der Waals surface area contributed by atoms with Gasteiger partial charge in [0, 0.05) is 30.4 Å². The third kappa shape index (κ3) is 3.01. The van der Waals surface area contributed by atoms with Gasteiger partial charge in [-0.1, -0.05) is 6.07 Å². The third-order valence-electron chi connectivity index (χ3n) is 2.41. The molecular weight excluding hydrogens is 232 g/mol. The molecule has 0 saturated carbocycles. The summed E-state index contributed by atoms with van der Waals surface area (Å²) >= 11 is 1.63. The summed E-state index contributed by atoms with van der Waals surface area (Å²) in [6.07, 6.45) is 3.65. The number of anilines is 1. The number of nitrogens with zero attached hydrogens (tertiary/aromatic N) is 3. The van der Waals surface area contributed by atoms with E-state index >= 15 is 0 Å². The molecule has 2 aromatic heterocycles. The molecule has 2 N–H and O–H groups in total. The minimum Gasteiger partial charge on any atom is -0.345 e. The summed E-state index contributed by atoms with van der Waals surface area (Å²) in [4.78, 5) is 11.9. The number of pyridine rings is 1. The topological polar surface area (TPSA) is 55.0 Å². The van der Waals surface area contributed by atoms with Crippen LogP contribution >= 0.6 is 11.3 Å². The van der Waals surface area contributed by atoms with Crippen LogP contribution in [-0.4, -0.2) is 17.0 Å². The smallest absolute Gasteiger partial charge is 0.185 e. The van der Waals surface area contributed by atoms with E-state index in [1.54, 1.807) is 17.5 Å². The highest BCUT2D eigenvalue weighted by molar-refractivity contribution is 7.15. The second-order valence-corrected chi connectivity index (χ2v) is 5.05. The molecule has 0 spiro atoms. The van der Waals surface area contributed by atoms with Crippen LogP contribution in [0, 0.1) is 0 Å². The van der Waals surface area contributed by atoms with Gasteiger partial charge in [0.05, 0.1) is 12.2 Å². The molecule has 0 aromatic carbocycles. The van der Waals surface area contributed by atoms with E-state index in [9.17, 15) is 0 Å². The van der Waals surface area contributed by atoms with Crippen molar-refractivity contribution in [1.82, 2.24) is 9.97 Å². The van der Waals surface area contributed by atoms with Crippen molar-refractivity contribution in [2.24, 2.45) is 5.73 Å². The lowest BCUT2D eigenvalue weighted by atomic mass is 10.3. The lowest BCUT2D eigenvalue weighted by molar-refractivity contribution is 0.834. The minimum atomic E-state index is 0.0458. The zero-order valence-electron chi connectivity index (χ0n) is 10.00. The molecule has 5 heteroatoms. The first kappa shape index (κ1) is 12.0. The molecule has 0 radical (unpaired) electrons. The SMILES string of the molecule is CC(N)c1cnc(N(C)Cc2ccccn2)s1. The molecule has 2 aromatic rings. The third-order valence-corrected chi connectivity index (χ3v) is 3.72. The van der Waals surface area contributed by atoms with Crippen LogP contribution in [0.1, 0.15) is 23.5 Å². The summed E-state index contributed by atoms with van der Waals surface area (Å²) in [5.41, 5.74) is 6.85. The lowest BCUT2D eigenvalue weighted by Crippen LogP contribution is -2.16. The van der Waals surface area contributed by atoms with E-state index in [0.29, 0.717) is 0 Å². The standard InChI is InChI=1S/C12H16N4S/c1-9(13)11-7-15-12(17-11)16(2)8-10-5-3-4-6-14-10/h3-7,9H,8,13H2,1-2H3. The van der Waals surface area contributed by atoms with Crippen molar-refractivity contribution in [1.29, 1.82) is 0 Å². The molecule has 0 saturated heterocycles. The number of hydrogen-bond donors (Lipinski definition) is 1. The molecule has 90 valence electrons. The fourth-order valence-electron chi connectivity index (χ4n) is 1.47. The second kappa shape index (κ2) is 5.25. The molecule has 0 bridgehead atoms. The Bertz CT molecular complexity index is 466. The van der Waals surface area contributed by atoms with Gasteiger partial charge in [0.2, 0.25) is 0 Å². The zero-order valence-corrected chi connectivity index (χ0v) is 10.8. The molecule has 17 heavy (non-hydrogen) atoms. The molecule has 2 rings (SSSR count). The van der Waals surface area contributed by atoms with E-state index in [4.69, 9.17) is 5.73 Å². The van der Waals surface area contributed by atoms with Crippen LogP contribution in [0.2, 0.25) is 0 Å². The maximum atomic E-state index is 5.82. The Kier molecular flexibility index (Phi) is 3.71. The van der Waals surface area contributed by atoms with Gasteiger partial charge in [-0.05, 0) is 19.1 Å². The van der Waals surface area contributed by atoms with E-state index in [-0.39, 0.29) is 6.04 Å². The second-order valence-electron chi connectivity index (χ2n) is 4.01. The molecule has 2 heterocycles. The Balaban J connectivity index is 2.07. The van der Waals surface area contributed by atoms with Gasteiger partial charge < -0.3 is 10.6 Å². The number of hydrogen-bond acceptors (Lipinski definition) is 5. The minimum absolute atomic E-state index is 0.0458. The molecule has 1 unspecified atom stereocenters. The van der Waals surface area contributed by atoms with Crippen LogP contribution in [0.3, 0.4) is 0 Å². The van der Waals surface area contributed by atoms with Crippen LogP contribution < -0.4 is 10.6 Å². The largest absolute Gasteiger partial charge is 0.345 e. The van der Waals surface area contributed by atoms with Gasteiger partial charge in [-0.2, -0.15) is 0 Å². The molecule has 0 fully saturated rings. The Hall–Kier alpha value is -1.46. The van der Waals surface area contributed by atoms with E-state index in [1.165, 1.54) is 0 Å². The molecule has 0 aliphatic heterocycles. The fraction of sp³-hybridized carbons (Fsp3) is 0.333. The molecule has 0 amide bonds. The molecule has 0 aliphatic carbocycles. The van der Waals surface area contributed by atoms with Gasteiger partial charge >= 0.3 is 0 Å². The first-order valence-corrected chi connectivity index (χ1v) is 6.31. The van der Waals surface area contributed by atoms with Crippen molar-refractivity contribution < 1.29 is 0 Å². The Morgan fingerprint density at radius 2 is 2.24 bits per heavy atom. The van der Waals surface area contributed by atoms with Crippen LogP contribution in [-0.2, 0) is 6.54 Å². The highest BCUT2D eigenvalue weighted by Gasteiger charge is 2.10. The van der Waals surface area contributed by atoms with E-state index < -0.39 is 0 Å². The number of rotatable bonds is 4. The normalized spacial score (nSPS) is 12.4. The number of aromatic nitrogens is 2. The first-order valence-electron chi connectivity index (χ1n) is 5.49. The highest BCUT2D eigenvalue weighted by atomic mass is 32.1. The Morgan fingerprint density at radius 3 is 2.82 bits per heavy atom. The summed E-state index contributed by atoms with van der Waals surface area (Å²) in [7, 11) is 2.01. The summed E-state index contributed by atoms with van der Waals surface area (Å²) in [6, 6.07) is 5.97. The van der Waals surface area contributed by atoms with Gasteiger partial charge in [-0.15, -0.1) is 11.3 Å². The quantitative estimate of drug-likeness (QED) is 0.901. The van der Waals surface area contributed by atoms with Crippen LogP contribution in [0.15, 0.2) is 30.6 Å². The van der Waals surface area contributed by atoms with E-state index in [1.807, 2.05) is 38.4 Å². The first-order chi connectivity index (χ1) is 8.16. The number of nitrogens with two attached hydrogens (primary N) is 1. The van der Waals surface area contributed by atoms with Crippen LogP contribution in [0.25, 0.3) is 0 Å². The van der Waals surface area contributed by atoms with Crippen molar-refractivity contribution in [3.63, 3.8) is 0 Å². The lowest BCUT2D eigenvalue weighted by Gasteiger charge is -2.14. The molecular formula is C12H16N4S. The van der Waals surface area contributed by atoms with Crippen molar-refractivity contribution in [3.05, 3.63) is 41.2 Å². The van der Waals surface area contributed by atoms with Gasteiger partial charge in [-0.3, -0.25) is 4.98 Å². The van der Waals surface area contributed by atoms with Crippen molar-refractivity contribution >= 4 is 16.5 Å². The van der Waals surface area contributed by atoms with Gasteiger partial charge in [0.25, 0.3) is 0 Å². The molecule has 1 atom stereocenters. The summed E-state index contributed by atoms with van der Waals surface area (Å²) < 4.78 is 0. The average molecular weight is 248 g/mol. The van der Waals surface area contributed by atoms with E-state index in [2.05, 4.69) is 14.9 Å². The molecule has 0 aliphatic rings. The maximum Gasteiger partial charge on any atom is 0.185 e. The predicted octanol–water partition coefficient (Wildman–Crippen LogP) is 2.19.